The first-order chi connectivity index (χ1) is 9.04. The van der Waals surface area contributed by atoms with Crippen LogP contribution in [0.15, 0.2) is 4.99 Å². The Labute approximate surface area is 120 Å². The highest BCUT2D eigenvalue weighted by Crippen LogP contribution is 2.31. The van der Waals surface area contributed by atoms with Crippen molar-refractivity contribution in [3.63, 3.8) is 0 Å². The normalized spacial score (nSPS) is 30.8. The minimum atomic E-state index is -2.81. The van der Waals surface area contributed by atoms with Crippen molar-refractivity contribution in [3.8, 4) is 0 Å². The molecule has 2 aliphatic rings. The molecule has 2 fully saturated rings. The van der Waals surface area contributed by atoms with Crippen LogP contribution in [0.3, 0.4) is 0 Å². The average Bonchev–Trinajstić information content (AvgIpc) is 2.82. The molecule has 0 spiro atoms. The molecule has 0 radical (unpaired) electrons. The third-order valence-electron chi connectivity index (χ3n) is 3.82. The summed E-state index contributed by atoms with van der Waals surface area (Å²) in [4.78, 5) is 6.16. The highest BCUT2D eigenvalue weighted by Gasteiger charge is 2.43. The molecular weight excluding hydrogens is 282 g/mol. The Bertz CT molecular complexity index is 410. The molecule has 0 aromatic heterocycles. The summed E-state index contributed by atoms with van der Waals surface area (Å²) in [6, 6.07) is 0.0853. The second-order valence-corrected chi connectivity index (χ2v) is 8.61. The van der Waals surface area contributed by atoms with Crippen LogP contribution in [0.4, 0.5) is 0 Å². The van der Waals surface area contributed by atoms with E-state index < -0.39 is 9.84 Å². The molecule has 2 heterocycles. The van der Waals surface area contributed by atoms with Crippen LogP contribution in [0.1, 0.15) is 20.3 Å². The first-order valence-electron chi connectivity index (χ1n) is 7.05. The van der Waals surface area contributed by atoms with Crippen molar-refractivity contribution in [3.05, 3.63) is 0 Å². The van der Waals surface area contributed by atoms with Gasteiger partial charge < -0.3 is 10.2 Å². The fraction of sp³-hybridized carbons (Fsp3) is 0.917. The number of nitrogens with zero attached hydrogens (tertiary/aromatic N) is 1. The van der Waals surface area contributed by atoms with Crippen LogP contribution in [0.5, 0.6) is 0 Å². The number of aliphatic imine (C=N–C) groups is 1. The van der Waals surface area contributed by atoms with Gasteiger partial charge in [0.25, 0.3) is 0 Å². The van der Waals surface area contributed by atoms with Crippen LogP contribution in [0.25, 0.3) is 0 Å². The van der Waals surface area contributed by atoms with Gasteiger partial charge >= 0.3 is 0 Å². The Balaban J connectivity index is 1.72. The third kappa shape index (κ3) is 4.10. The van der Waals surface area contributed by atoms with E-state index in [-0.39, 0.29) is 17.0 Å². The Kier molecular flexibility index (Phi) is 5.14. The number of rotatable bonds is 6. The molecule has 2 saturated heterocycles. The van der Waals surface area contributed by atoms with E-state index in [9.17, 15) is 8.42 Å². The number of sulfone groups is 1. The van der Waals surface area contributed by atoms with Crippen LogP contribution >= 0.6 is 11.8 Å². The topological polar surface area (TPSA) is 63.0 Å². The second-order valence-electron chi connectivity index (χ2n) is 5.23. The zero-order valence-electron chi connectivity index (χ0n) is 11.7. The van der Waals surface area contributed by atoms with Gasteiger partial charge in [0.2, 0.25) is 0 Å². The van der Waals surface area contributed by atoms with Crippen LogP contribution in [0.2, 0.25) is 0 Å². The van der Waals surface area contributed by atoms with Crippen molar-refractivity contribution in [2.45, 2.75) is 31.6 Å². The molecule has 2 atom stereocenters. The Morgan fingerprint density at radius 2 is 2.11 bits per heavy atom. The first kappa shape index (κ1) is 15.1. The molecule has 2 aliphatic heterocycles. The fourth-order valence-corrected chi connectivity index (χ4v) is 6.35. The number of hydrogen-bond acceptors (Lipinski definition) is 4. The summed E-state index contributed by atoms with van der Waals surface area (Å²) >= 11 is 1.61. The van der Waals surface area contributed by atoms with Gasteiger partial charge in [-0.15, -0.1) is 0 Å². The second kappa shape index (κ2) is 6.45. The predicted molar refractivity (Wildman–Crippen MR) is 80.8 cm³/mol. The molecule has 0 aromatic rings. The number of quaternary nitrogens is 1. The SMILES string of the molecule is CC[NH+](CC)CCCN=C1NC2CS(=O)(=O)CC2S1. The van der Waals surface area contributed by atoms with Gasteiger partial charge in [0.1, 0.15) is 0 Å². The summed E-state index contributed by atoms with van der Waals surface area (Å²) in [5.74, 6) is 0.575. The standard InChI is InChI=1S/C12H23N3O2S2/c1-3-15(4-2)7-5-6-13-12-14-10-8-19(16,17)9-11(10)18-12/h10-11H,3-9H2,1-2H3,(H,13,14)/p+1. The smallest absolute Gasteiger partial charge is 0.157 e. The van der Waals surface area contributed by atoms with Gasteiger partial charge in [0.05, 0.1) is 37.2 Å². The molecule has 0 aromatic carbocycles. The largest absolute Gasteiger partial charge is 0.360 e. The number of nitrogens with one attached hydrogen (secondary N) is 2. The highest BCUT2D eigenvalue weighted by atomic mass is 32.2. The molecule has 0 amide bonds. The highest BCUT2D eigenvalue weighted by molar-refractivity contribution is 8.15. The predicted octanol–water partition coefficient (Wildman–Crippen LogP) is -0.841. The number of hydrogen-bond donors (Lipinski definition) is 2. The molecule has 0 aliphatic carbocycles. The lowest BCUT2D eigenvalue weighted by Gasteiger charge is -2.14. The molecule has 5 nitrogen and oxygen atoms in total. The summed E-state index contributed by atoms with van der Waals surface area (Å²) in [6.07, 6.45) is 1.09. The first-order valence-corrected chi connectivity index (χ1v) is 9.75. The zero-order chi connectivity index (χ0) is 13.9. The van der Waals surface area contributed by atoms with Gasteiger partial charge in [-0.3, -0.25) is 4.99 Å². The van der Waals surface area contributed by atoms with Crippen LogP contribution in [-0.4, -0.2) is 62.6 Å². The molecule has 2 rings (SSSR count). The van der Waals surface area contributed by atoms with Crippen molar-refractivity contribution in [2.24, 2.45) is 4.99 Å². The maximum Gasteiger partial charge on any atom is 0.157 e. The van der Waals surface area contributed by atoms with Crippen molar-refractivity contribution >= 4 is 26.8 Å². The van der Waals surface area contributed by atoms with Crippen molar-refractivity contribution in [2.75, 3.05) is 37.7 Å². The lowest BCUT2D eigenvalue weighted by Crippen LogP contribution is -3.11. The summed E-state index contributed by atoms with van der Waals surface area (Å²) in [6.45, 7) is 8.76. The van der Waals surface area contributed by atoms with E-state index in [4.69, 9.17) is 0 Å². The monoisotopic (exact) mass is 306 g/mol. The van der Waals surface area contributed by atoms with Gasteiger partial charge in [-0.25, -0.2) is 8.42 Å². The fourth-order valence-electron chi connectivity index (χ4n) is 2.60. The van der Waals surface area contributed by atoms with Crippen molar-refractivity contribution in [1.82, 2.24) is 5.32 Å². The zero-order valence-corrected chi connectivity index (χ0v) is 13.3. The van der Waals surface area contributed by atoms with E-state index in [2.05, 4.69) is 24.2 Å². The maximum atomic E-state index is 11.5. The average molecular weight is 306 g/mol. The summed E-state index contributed by atoms with van der Waals surface area (Å²) in [7, 11) is -2.81. The van der Waals surface area contributed by atoms with Crippen LogP contribution < -0.4 is 10.2 Å². The summed E-state index contributed by atoms with van der Waals surface area (Å²) in [5, 5.41) is 4.37. The Morgan fingerprint density at radius 1 is 1.37 bits per heavy atom. The Morgan fingerprint density at radius 3 is 2.74 bits per heavy atom. The Hall–Kier alpha value is -0.270. The van der Waals surface area contributed by atoms with E-state index >= 15 is 0 Å². The van der Waals surface area contributed by atoms with E-state index in [0.29, 0.717) is 5.75 Å². The van der Waals surface area contributed by atoms with Crippen LogP contribution in [-0.2, 0) is 9.84 Å². The molecule has 2 N–H and O–H groups in total. The number of thioether (sulfide) groups is 1. The summed E-state index contributed by atoms with van der Waals surface area (Å²) in [5.41, 5.74) is 0. The molecule has 19 heavy (non-hydrogen) atoms. The molecule has 2 unspecified atom stereocenters. The van der Waals surface area contributed by atoms with Gasteiger partial charge in [-0.2, -0.15) is 0 Å². The van der Waals surface area contributed by atoms with Gasteiger partial charge in [-0.1, -0.05) is 11.8 Å². The third-order valence-corrected chi connectivity index (χ3v) is 7.03. The molecule has 7 heteroatoms. The van der Waals surface area contributed by atoms with Gasteiger partial charge in [0.15, 0.2) is 15.0 Å². The minimum absolute atomic E-state index is 0.0853. The lowest BCUT2D eigenvalue weighted by atomic mass is 10.3. The maximum absolute atomic E-state index is 11.5. The minimum Gasteiger partial charge on any atom is -0.360 e. The quantitative estimate of drug-likeness (QED) is 0.628. The molecular formula is C12H24N3O2S2+. The van der Waals surface area contributed by atoms with E-state index in [0.717, 1.165) is 24.7 Å². The van der Waals surface area contributed by atoms with E-state index in [1.165, 1.54) is 13.1 Å². The van der Waals surface area contributed by atoms with Crippen LogP contribution in [0, 0.1) is 0 Å². The molecule has 110 valence electrons. The van der Waals surface area contributed by atoms with Gasteiger partial charge in [0, 0.05) is 18.2 Å². The molecule has 0 saturated carbocycles. The number of amidine groups is 1. The number of fused-ring (bicyclic) bond motifs is 1. The van der Waals surface area contributed by atoms with E-state index in [1.807, 2.05) is 0 Å². The lowest BCUT2D eigenvalue weighted by molar-refractivity contribution is -0.896. The van der Waals surface area contributed by atoms with Crippen molar-refractivity contribution < 1.29 is 13.3 Å². The molecule has 0 bridgehead atoms. The van der Waals surface area contributed by atoms with E-state index in [1.54, 1.807) is 16.7 Å². The van der Waals surface area contributed by atoms with Gasteiger partial charge in [-0.05, 0) is 13.8 Å². The van der Waals surface area contributed by atoms with Crippen molar-refractivity contribution in [1.29, 1.82) is 0 Å². The summed E-state index contributed by atoms with van der Waals surface area (Å²) < 4.78 is 22.9.